The van der Waals surface area contributed by atoms with Crippen molar-refractivity contribution in [3.05, 3.63) is 51.5 Å². The molecule has 1 aromatic heterocycles. The third kappa shape index (κ3) is 5.36. The highest BCUT2D eigenvalue weighted by Crippen LogP contribution is 2.16. The van der Waals surface area contributed by atoms with Crippen molar-refractivity contribution in [2.45, 2.75) is 13.2 Å². The van der Waals surface area contributed by atoms with E-state index in [9.17, 15) is 0 Å². The first-order valence-corrected chi connectivity index (χ1v) is 9.86. The monoisotopic (exact) mass is 395 g/mol. The average Bonchev–Trinajstić information content (AvgIpc) is 2.96. The minimum Gasteiger partial charge on any atom is -0.357 e. The van der Waals surface area contributed by atoms with Crippen LogP contribution in [0.4, 0.5) is 5.13 Å². The van der Waals surface area contributed by atoms with E-state index in [4.69, 9.17) is 23.8 Å². The van der Waals surface area contributed by atoms with E-state index in [0.717, 1.165) is 53.5 Å². The van der Waals surface area contributed by atoms with Crippen LogP contribution < -0.4 is 5.32 Å². The second-order valence-corrected chi connectivity index (χ2v) is 8.06. The van der Waals surface area contributed by atoms with E-state index in [0.29, 0.717) is 6.54 Å². The predicted octanol–water partition coefficient (Wildman–Crippen LogP) is 3.70. The van der Waals surface area contributed by atoms with Crippen molar-refractivity contribution in [2.24, 2.45) is 0 Å². The van der Waals surface area contributed by atoms with Gasteiger partial charge in [0.25, 0.3) is 0 Å². The zero-order valence-electron chi connectivity index (χ0n) is 14.0. The minimum absolute atomic E-state index is 0.700. The molecular weight excluding hydrogens is 374 g/mol. The van der Waals surface area contributed by atoms with Crippen LogP contribution in [-0.4, -0.2) is 52.3 Å². The second-order valence-electron chi connectivity index (χ2n) is 6.00. The maximum Gasteiger partial charge on any atom is 0.204 e. The molecule has 0 radical (unpaired) electrons. The second kappa shape index (κ2) is 8.91. The Kier molecular flexibility index (Phi) is 6.61. The third-order valence-corrected chi connectivity index (χ3v) is 5.64. The van der Waals surface area contributed by atoms with Crippen molar-refractivity contribution >= 4 is 40.3 Å². The van der Waals surface area contributed by atoms with Crippen LogP contribution >= 0.6 is 35.2 Å². The molecule has 134 valence electrons. The molecule has 1 aromatic carbocycles. The van der Waals surface area contributed by atoms with Gasteiger partial charge in [0, 0.05) is 44.3 Å². The summed E-state index contributed by atoms with van der Waals surface area (Å²) >= 11 is 12.9. The van der Waals surface area contributed by atoms with Gasteiger partial charge in [-0.05, 0) is 29.9 Å². The SMILES string of the molecule is C=CCNc1nn(CN2CCN(Cc3ccc(Cl)cc3)CC2)c(=S)s1. The molecule has 1 saturated heterocycles. The molecule has 5 nitrogen and oxygen atoms in total. The summed E-state index contributed by atoms with van der Waals surface area (Å²) in [6, 6.07) is 8.10. The Hall–Kier alpha value is -1.25. The fourth-order valence-electron chi connectivity index (χ4n) is 2.75. The molecule has 25 heavy (non-hydrogen) atoms. The summed E-state index contributed by atoms with van der Waals surface area (Å²) < 4.78 is 2.70. The summed E-state index contributed by atoms with van der Waals surface area (Å²) in [6.07, 6.45) is 1.81. The van der Waals surface area contributed by atoms with Crippen molar-refractivity contribution in [1.29, 1.82) is 0 Å². The first-order chi connectivity index (χ1) is 12.1. The van der Waals surface area contributed by atoms with Gasteiger partial charge in [-0.1, -0.05) is 41.1 Å². The van der Waals surface area contributed by atoms with Crippen LogP contribution in [0.1, 0.15) is 5.56 Å². The molecule has 0 saturated carbocycles. The molecule has 8 heteroatoms. The lowest BCUT2D eigenvalue weighted by Crippen LogP contribution is -2.46. The smallest absolute Gasteiger partial charge is 0.204 e. The number of aromatic nitrogens is 2. The maximum absolute atomic E-state index is 5.95. The molecule has 0 amide bonds. The molecule has 1 fully saturated rings. The molecule has 0 unspecified atom stereocenters. The lowest BCUT2D eigenvalue weighted by atomic mass is 10.2. The summed E-state index contributed by atoms with van der Waals surface area (Å²) in [7, 11) is 0. The van der Waals surface area contributed by atoms with E-state index in [1.807, 2.05) is 22.9 Å². The van der Waals surface area contributed by atoms with Gasteiger partial charge in [-0.3, -0.25) is 9.80 Å². The Bertz CT molecular complexity index is 747. The number of rotatable bonds is 7. The zero-order chi connectivity index (χ0) is 17.6. The highest BCUT2D eigenvalue weighted by atomic mass is 35.5. The minimum atomic E-state index is 0.700. The molecule has 0 atom stereocenters. The van der Waals surface area contributed by atoms with Crippen molar-refractivity contribution in [3.63, 3.8) is 0 Å². The van der Waals surface area contributed by atoms with Crippen LogP contribution in [-0.2, 0) is 13.2 Å². The van der Waals surface area contributed by atoms with Gasteiger partial charge in [0.15, 0.2) is 3.95 Å². The Morgan fingerprint density at radius 2 is 1.88 bits per heavy atom. The van der Waals surface area contributed by atoms with Gasteiger partial charge < -0.3 is 5.32 Å². The fourth-order valence-corrected chi connectivity index (χ4v) is 3.88. The van der Waals surface area contributed by atoms with Crippen molar-refractivity contribution < 1.29 is 0 Å². The summed E-state index contributed by atoms with van der Waals surface area (Å²) in [4.78, 5) is 4.86. The highest BCUT2D eigenvalue weighted by Gasteiger charge is 2.18. The van der Waals surface area contributed by atoms with Crippen LogP contribution in [0.5, 0.6) is 0 Å². The third-order valence-electron chi connectivity index (χ3n) is 4.12. The largest absolute Gasteiger partial charge is 0.357 e. The summed E-state index contributed by atoms with van der Waals surface area (Å²) in [5, 5.41) is 9.38. The predicted molar refractivity (Wildman–Crippen MR) is 108 cm³/mol. The van der Waals surface area contributed by atoms with E-state index in [2.05, 4.69) is 38.9 Å². The Morgan fingerprint density at radius 1 is 1.20 bits per heavy atom. The van der Waals surface area contributed by atoms with Gasteiger partial charge in [0.2, 0.25) is 5.13 Å². The molecule has 3 rings (SSSR count). The Morgan fingerprint density at radius 3 is 2.56 bits per heavy atom. The fraction of sp³-hybridized carbons (Fsp3) is 0.412. The van der Waals surface area contributed by atoms with E-state index in [1.165, 1.54) is 16.9 Å². The first-order valence-electron chi connectivity index (χ1n) is 8.26. The van der Waals surface area contributed by atoms with Gasteiger partial charge in [0.1, 0.15) is 0 Å². The van der Waals surface area contributed by atoms with Crippen molar-refractivity contribution in [3.8, 4) is 0 Å². The quantitative estimate of drug-likeness (QED) is 0.571. The van der Waals surface area contributed by atoms with Crippen molar-refractivity contribution in [2.75, 3.05) is 38.0 Å². The number of anilines is 1. The number of nitrogens with zero attached hydrogens (tertiary/aromatic N) is 4. The van der Waals surface area contributed by atoms with E-state index in [-0.39, 0.29) is 0 Å². The summed E-state index contributed by atoms with van der Waals surface area (Å²) in [6.45, 7) is 10.2. The molecule has 1 aliphatic heterocycles. The van der Waals surface area contributed by atoms with Crippen LogP contribution in [0.2, 0.25) is 5.02 Å². The lowest BCUT2D eigenvalue weighted by molar-refractivity contribution is 0.0985. The number of halogens is 1. The number of nitrogens with one attached hydrogen (secondary N) is 1. The molecule has 2 heterocycles. The standard InChI is InChI=1S/C17H22ClN5S2/c1-2-7-19-16-20-23(17(24)25-16)13-22-10-8-21(9-11-22)12-14-3-5-15(18)6-4-14/h2-6H,1,7-13H2,(H,19,20). The van der Waals surface area contributed by atoms with Gasteiger partial charge in [-0.2, -0.15) is 0 Å². The molecule has 0 bridgehead atoms. The number of benzene rings is 1. The molecule has 1 N–H and O–H groups in total. The molecule has 0 aliphatic carbocycles. The van der Waals surface area contributed by atoms with Gasteiger partial charge >= 0.3 is 0 Å². The summed E-state index contributed by atoms with van der Waals surface area (Å²) in [5.74, 6) is 0. The number of hydrogen-bond donors (Lipinski definition) is 1. The highest BCUT2D eigenvalue weighted by molar-refractivity contribution is 7.73. The first kappa shape index (κ1) is 18.5. The van der Waals surface area contributed by atoms with Crippen molar-refractivity contribution in [1.82, 2.24) is 19.6 Å². The normalized spacial score (nSPS) is 16.0. The Balaban J connectivity index is 1.49. The maximum atomic E-state index is 5.95. The lowest BCUT2D eigenvalue weighted by Gasteiger charge is -2.34. The van der Waals surface area contributed by atoms with Crippen LogP contribution in [0.15, 0.2) is 36.9 Å². The zero-order valence-corrected chi connectivity index (χ0v) is 16.4. The van der Waals surface area contributed by atoms with E-state index < -0.39 is 0 Å². The Labute approximate surface area is 162 Å². The van der Waals surface area contributed by atoms with Gasteiger partial charge in [-0.15, -0.1) is 11.7 Å². The average molecular weight is 396 g/mol. The van der Waals surface area contributed by atoms with E-state index in [1.54, 1.807) is 0 Å². The van der Waals surface area contributed by atoms with E-state index >= 15 is 0 Å². The van der Waals surface area contributed by atoms with Gasteiger partial charge in [-0.25, -0.2) is 4.68 Å². The molecule has 0 spiro atoms. The molecular formula is C17H22ClN5S2. The topological polar surface area (TPSA) is 36.3 Å². The van der Waals surface area contributed by atoms with Crippen LogP contribution in [0, 0.1) is 3.95 Å². The molecule has 1 aliphatic rings. The van der Waals surface area contributed by atoms with Crippen LogP contribution in [0.3, 0.4) is 0 Å². The van der Waals surface area contributed by atoms with Crippen LogP contribution in [0.25, 0.3) is 0 Å². The molecule has 2 aromatic rings. The van der Waals surface area contributed by atoms with Gasteiger partial charge in [0.05, 0.1) is 6.67 Å². The summed E-state index contributed by atoms with van der Waals surface area (Å²) in [5.41, 5.74) is 1.30. The number of hydrogen-bond acceptors (Lipinski definition) is 6. The number of piperazine rings is 1.